The molecule has 0 spiro atoms. The number of rotatable bonds is 7. The molecule has 3 aromatic rings. The van der Waals surface area contributed by atoms with E-state index in [2.05, 4.69) is 11.4 Å². The van der Waals surface area contributed by atoms with Crippen LogP contribution >= 0.6 is 11.8 Å². The van der Waals surface area contributed by atoms with Gasteiger partial charge in [-0.2, -0.15) is 5.26 Å². The molecule has 0 saturated heterocycles. The van der Waals surface area contributed by atoms with Crippen LogP contribution in [0.5, 0.6) is 11.5 Å². The van der Waals surface area contributed by atoms with Crippen molar-refractivity contribution in [3.05, 3.63) is 65.4 Å². The van der Waals surface area contributed by atoms with E-state index in [1.807, 2.05) is 26.0 Å². The number of hydrogen-bond acceptors (Lipinski definition) is 7. The van der Waals surface area contributed by atoms with Crippen molar-refractivity contribution >= 4 is 29.1 Å². The molecule has 184 valence electrons. The Bertz CT molecular complexity index is 1340. The first-order valence-electron chi connectivity index (χ1n) is 11.5. The van der Waals surface area contributed by atoms with Gasteiger partial charge < -0.3 is 14.8 Å². The van der Waals surface area contributed by atoms with Gasteiger partial charge in [-0.25, -0.2) is 4.98 Å². The molecule has 0 aliphatic heterocycles. The number of thioether (sulfide) groups is 1. The van der Waals surface area contributed by atoms with Crippen LogP contribution in [0.1, 0.15) is 41.9 Å². The minimum atomic E-state index is -0.240. The molecule has 1 aliphatic rings. The minimum absolute atomic E-state index is 0.0233. The fraction of sp³-hybridized carbons (Fsp3) is 0.286. The second-order valence-electron chi connectivity index (χ2n) is 9.34. The number of carbonyl (C=O) groups excluding carboxylic acids is 2. The lowest BCUT2D eigenvalue weighted by Crippen LogP contribution is -2.29. The average molecular weight is 502 g/mol. The van der Waals surface area contributed by atoms with Crippen LogP contribution in [0.15, 0.2) is 53.6 Å². The van der Waals surface area contributed by atoms with E-state index in [4.69, 9.17) is 14.5 Å². The number of fused-ring (bicyclic) bond motifs is 1. The van der Waals surface area contributed by atoms with Gasteiger partial charge in [0.25, 0.3) is 0 Å². The SMILES string of the molecule is COc1ccc(NC(=O)CSc2nc3c(c(-c4ccc(OC)cc4)c2C#N)C(=O)CC(C)(C)C3)cc1. The molecule has 0 atom stereocenters. The smallest absolute Gasteiger partial charge is 0.234 e. The second kappa shape index (κ2) is 10.4. The van der Waals surface area contributed by atoms with Gasteiger partial charge in [0.1, 0.15) is 22.6 Å². The molecule has 0 fully saturated rings. The standard InChI is InChI=1S/C28H27N3O4S/c1-28(2)13-22-26(23(32)14-28)25(17-5-9-19(34-3)10-6-17)21(15-29)27(31-22)36-16-24(33)30-18-7-11-20(35-4)12-8-18/h5-12H,13-14,16H2,1-4H3,(H,30,33). The van der Waals surface area contributed by atoms with Crippen LogP contribution in [0.2, 0.25) is 0 Å². The van der Waals surface area contributed by atoms with E-state index in [0.29, 0.717) is 57.4 Å². The molecule has 4 rings (SSSR count). The summed E-state index contributed by atoms with van der Waals surface area (Å²) in [5.41, 5.74) is 3.19. The summed E-state index contributed by atoms with van der Waals surface area (Å²) in [7, 11) is 3.17. The van der Waals surface area contributed by atoms with E-state index in [9.17, 15) is 14.9 Å². The van der Waals surface area contributed by atoms with Crippen molar-refractivity contribution < 1.29 is 19.1 Å². The first-order chi connectivity index (χ1) is 17.2. The molecule has 7 nitrogen and oxygen atoms in total. The Morgan fingerprint density at radius 2 is 1.64 bits per heavy atom. The third-order valence-electron chi connectivity index (χ3n) is 6.01. The number of nitrogens with one attached hydrogen (secondary N) is 1. The van der Waals surface area contributed by atoms with Gasteiger partial charge in [-0.05, 0) is 53.8 Å². The fourth-order valence-electron chi connectivity index (χ4n) is 4.34. The van der Waals surface area contributed by atoms with E-state index in [0.717, 1.165) is 5.56 Å². The van der Waals surface area contributed by atoms with Crippen LogP contribution in [0.4, 0.5) is 5.69 Å². The number of carbonyl (C=O) groups is 2. The second-order valence-corrected chi connectivity index (χ2v) is 10.3. The number of methoxy groups -OCH3 is 2. The minimum Gasteiger partial charge on any atom is -0.497 e. The summed E-state index contributed by atoms with van der Waals surface area (Å²) in [4.78, 5) is 30.7. The number of amides is 1. The van der Waals surface area contributed by atoms with E-state index in [-0.39, 0.29) is 22.9 Å². The highest BCUT2D eigenvalue weighted by atomic mass is 32.2. The third-order valence-corrected chi connectivity index (χ3v) is 6.98. The third kappa shape index (κ3) is 5.37. The van der Waals surface area contributed by atoms with E-state index in [1.165, 1.54) is 11.8 Å². The molecule has 2 aromatic carbocycles. The van der Waals surface area contributed by atoms with Gasteiger partial charge in [0.15, 0.2) is 5.78 Å². The van der Waals surface area contributed by atoms with Gasteiger partial charge in [-0.15, -0.1) is 0 Å². The number of ether oxygens (including phenoxy) is 2. The first-order valence-corrected chi connectivity index (χ1v) is 12.4. The monoisotopic (exact) mass is 501 g/mol. The van der Waals surface area contributed by atoms with Gasteiger partial charge in [0.05, 0.1) is 31.2 Å². The van der Waals surface area contributed by atoms with E-state index >= 15 is 0 Å². The van der Waals surface area contributed by atoms with Crippen LogP contribution < -0.4 is 14.8 Å². The van der Waals surface area contributed by atoms with Crippen LogP contribution in [0.3, 0.4) is 0 Å². The largest absolute Gasteiger partial charge is 0.497 e. The summed E-state index contributed by atoms with van der Waals surface area (Å²) in [5.74, 6) is 1.19. The summed E-state index contributed by atoms with van der Waals surface area (Å²) in [6, 6.07) is 16.6. The van der Waals surface area contributed by atoms with Crippen molar-refractivity contribution in [3.63, 3.8) is 0 Å². The highest BCUT2D eigenvalue weighted by Gasteiger charge is 2.36. The molecule has 1 aromatic heterocycles. The number of benzene rings is 2. The highest BCUT2D eigenvalue weighted by molar-refractivity contribution is 8.00. The number of anilines is 1. The summed E-state index contributed by atoms with van der Waals surface area (Å²) in [6.45, 7) is 4.08. The number of hydrogen-bond donors (Lipinski definition) is 1. The molecule has 0 unspecified atom stereocenters. The lowest BCUT2D eigenvalue weighted by molar-refractivity contribution is -0.113. The van der Waals surface area contributed by atoms with Crippen molar-refractivity contribution in [2.24, 2.45) is 5.41 Å². The zero-order chi connectivity index (χ0) is 25.9. The summed E-state index contributed by atoms with van der Waals surface area (Å²) in [5, 5.41) is 13.4. The predicted octanol–water partition coefficient (Wildman–Crippen LogP) is 5.52. The maximum atomic E-state index is 13.3. The number of aromatic nitrogens is 1. The molecule has 36 heavy (non-hydrogen) atoms. The number of nitrogens with zero attached hydrogens (tertiary/aromatic N) is 2. The van der Waals surface area contributed by atoms with Crippen molar-refractivity contribution in [1.82, 2.24) is 4.98 Å². The average Bonchev–Trinajstić information content (AvgIpc) is 2.86. The molecular formula is C28H27N3O4S. The summed E-state index contributed by atoms with van der Waals surface area (Å²) >= 11 is 1.19. The van der Waals surface area contributed by atoms with Crippen LogP contribution in [-0.2, 0) is 11.2 Å². The van der Waals surface area contributed by atoms with Gasteiger partial charge >= 0.3 is 0 Å². The molecule has 0 bridgehead atoms. The predicted molar refractivity (Wildman–Crippen MR) is 140 cm³/mol. The van der Waals surface area contributed by atoms with E-state index in [1.54, 1.807) is 50.6 Å². The number of Topliss-reactive ketones (excluding diaryl/α,β-unsaturated/α-hetero) is 1. The molecule has 8 heteroatoms. The quantitative estimate of drug-likeness (QED) is 0.425. The van der Waals surface area contributed by atoms with Gasteiger partial charge in [-0.3, -0.25) is 9.59 Å². The summed E-state index contributed by atoms with van der Waals surface area (Å²) in [6.07, 6.45) is 0.987. The highest BCUT2D eigenvalue weighted by Crippen LogP contribution is 2.42. The number of pyridine rings is 1. The Morgan fingerprint density at radius 3 is 2.22 bits per heavy atom. The van der Waals surface area contributed by atoms with Gasteiger partial charge in [0.2, 0.25) is 5.91 Å². The maximum Gasteiger partial charge on any atom is 0.234 e. The van der Waals surface area contributed by atoms with Crippen molar-refractivity contribution in [1.29, 1.82) is 5.26 Å². The molecule has 0 saturated carbocycles. The Hall–Kier alpha value is -3.83. The number of ketones is 1. The molecular weight excluding hydrogens is 474 g/mol. The van der Waals surface area contributed by atoms with E-state index < -0.39 is 0 Å². The van der Waals surface area contributed by atoms with Gasteiger partial charge in [0, 0.05) is 23.2 Å². The molecule has 1 amide bonds. The van der Waals surface area contributed by atoms with Crippen LogP contribution in [0, 0.1) is 16.7 Å². The zero-order valence-corrected chi connectivity index (χ0v) is 21.5. The van der Waals surface area contributed by atoms with Crippen LogP contribution in [0.25, 0.3) is 11.1 Å². The van der Waals surface area contributed by atoms with Gasteiger partial charge in [-0.1, -0.05) is 37.7 Å². The summed E-state index contributed by atoms with van der Waals surface area (Å²) < 4.78 is 10.4. The Balaban J connectivity index is 1.70. The molecule has 0 radical (unpaired) electrons. The Morgan fingerprint density at radius 1 is 1.03 bits per heavy atom. The van der Waals surface area contributed by atoms with Crippen molar-refractivity contribution in [2.75, 3.05) is 25.3 Å². The lowest BCUT2D eigenvalue weighted by Gasteiger charge is -2.31. The Labute approximate surface area is 214 Å². The van der Waals surface area contributed by atoms with Crippen molar-refractivity contribution in [3.8, 4) is 28.7 Å². The molecule has 1 heterocycles. The zero-order valence-electron chi connectivity index (χ0n) is 20.7. The Kier molecular flexibility index (Phi) is 7.32. The molecule has 1 aliphatic carbocycles. The van der Waals surface area contributed by atoms with Crippen LogP contribution in [-0.4, -0.2) is 36.6 Å². The maximum absolute atomic E-state index is 13.3. The topological polar surface area (TPSA) is 101 Å². The molecule has 1 N–H and O–H groups in total. The first kappa shape index (κ1) is 25.3. The number of nitriles is 1. The lowest BCUT2D eigenvalue weighted by atomic mass is 9.73. The fourth-order valence-corrected chi connectivity index (χ4v) is 5.14. The normalized spacial score (nSPS) is 13.9. The van der Waals surface area contributed by atoms with Crippen molar-refractivity contribution in [2.45, 2.75) is 31.7 Å².